The topological polar surface area (TPSA) is 37.8 Å². The third kappa shape index (κ3) is 4.47. The molecule has 3 rings (SSSR count). The number of nitrogens with zero attached hydrogens (tertiary/aromatic N) is 2. The molecule has 0 radical (unpaired) electrons. The van der Waals surface area contributed by atoms with E-state index in [1.807, 2.05) is 24.3 Å². The van der Waals surface area contributed by atoms with Crippen LogP contribution in [0.5, 0.6) is 0 Å². The highest BCUT2D eigenvalue weighted by atomic mass is 35.5. The molecule has 0 aliphatic carbocycles. The first-order valence-electron chi connectivity index (χ1n) is 7.15. The van der Waals surface area contributed by atoms with Crippen LogP contribution < -0.4 is 5.32 Å². The number of nitrogens with one attached hydrogen (secondary N) is 1. The van der Waals surface area contributed by atoms with E-state index in [0.29, 0.717) is 0 Å². The van der Waals surface area contributed by atoms with Crippen molar-refractivity contribution in [2.24, 2.45) is 0 Å². The summed E-state index contributed by atoms with van der Waals surface area (Å²) < 4.78 is 0.950. The summed E-state index contributed by atoms with van der Waals surface area (Å²) in [6.45, 7) is 4.21. The van der Waals surface area contributed by atoms with E-state index in [-0.39, 0.29) is 0 Å². The van der Waals surface area contributed by atoms with Crippen LogP contribution in [-0.4, -0.2) is 10.2 Å². The number of anilines is 2. The molecule has 23 heavy (non-hydrogen) atoms. The zero-order valence-corrected chi connectivity index (χ0v) is 15.2. The summed E-state index contributed by atoms with van der Waals surface area (Å²) in [6, 6.07) is 14.2. The van der Waals surface area contributed by atoms with Gasteiger partial charge < -0.3 is 5.32 Å². The lowest BCUT2D eigenvalue weighted by Crippen LogP contribution is -1.91. The molecule has 2 aromatic carbocycles. The van der Waals surface area contributed by atoms with Gasteiger partial charge in [-0.05, 0) is 54.8 Å². The molecule has 0 aliphatic heterocycles. The van der Waals surface area contributed by atoms with Crippen molar-refractivity contribution in [3.05, 3.63) is 64.2 Å². The molecule has 118 valence electrons. The molecule has 0 bridgehead atoms. The summed E-state index contributed by atoms with van der Waals surface area (Å²) in [5, 5.41) is 13.3. The maximum Gasteiger partial charge on any atom is 0.210 e. The zero-order chi connectivity index (χ0) is 16.2. The van der Waals surface area contributed by atoms with E-state index in [1.54, 1.807) is 23.1 Å². The Bertz CT molecular complexity index is 800. The van der Waals surface area contributed by atoms with Crippen molar-refractivity contribution in [2.75, 3.05) is 5.32 Å². The van der Waals surface area contributed by atoms with Crippen LogP contribution in [0.15, 0.2) is 46.8 Å². The van der Waals surface area contributed by atoms with Crippen LogP contribution in [0.3, 0.4) is 0 Å². The molecular formula is C17H16ClN3S2. The average Bonchev–Trinajstić information content (AvgIpc) is 2.98. The van der Waals surface area contributed by atoms with Crippen molar-refractivity contribution in [3.8, 4) is 0 Å². The van der Waals surface area contributed by atoms with Crippen LogP contribution in [0.1, 0.15) is 16.7 Å². The van der Waals surface area contributed by atoms with Gasteiger partial charge in [0.1, 0.15) is 0 Å². The van der Waals surface area contributed by atoms with Crippen LogP contribution in [0.2, 0.25) is 5.02 Å². The van der Waals surface area contributed by atoms with Gasteiger partial charge in [0.25, 0.3) is 0 Å². The Morgan fingerprint density at radius 3 is 2.57 bits per heavy atom. The summed E-state index contributed by atoms with van der Waals surface area (Å²) >= 11 is 9.14. The van der Waals surface area contributed by atoms with Gasteiger partial charge in [0.05, 0.1) is 0 Å². The Balaban J connectivity index is 1.61. The van der Waals surface area contributed by atoms with Gasteiger partial charge in [0.15, 0.2) is 4.34 Å². The van der Waals surface area contributed by atoms with Gasteiger partial charge in [-0.25, -0.2) is 0 Å². The minimum Gasteiger partial charge on any atom is -0.330 e. The summed E-state index contributed by atoms with van der Waals surface area (Å²) in [4.78, 5) is 0. The van der Waals surface area contributed by atoms with E-state index >= 15 is 0 Å². The standard InChI is InChI=1S/C17H16ClN3S2/c1-11-3-8-15(9-12(11)2)19-16-20-21-17(23-16)22-10-13-4-6-14(18)7-5-13/h3-9H,10H2,1-2H3,(H,19,20). The molecule has 3 nitrogen and oxygen atoms in total. The van der Waals surface area contributed by atoms with Crippen LogP contribution in [-0.2, 0) is 5.75 Å². The number of rotatable bonds is 5. The van der Waals surface area contributed by atoms with Crippen molar-refractivity contribution in [1.82, 2.24) is 10.2 Å². The van der Waals surface area contributed by atoms with Crippen molar-refractivity contribution in [2.45, 2.75) is 23.9 Å². The molecule has 3 aromatic rings. The van der Waals surface area contributed by atoms with Crippen LogP contribution in [0.4, 0.5) is 10.8 Å². The first-order chi connectivity index (χ1) is 11.1. The first kappa shape index (κ1) is 16.3. The van der Waals surface area contributed by atoms with Gasteiger partial charge in [0.2, 0.25) is 5.13 Å². The highest BCUT2D eigenvalue weighted by Gasteiger charge is 2.06. The van der Waals surface area contributed by atoms with Gasteiger partial charge in [-0.3, -0.25) is 0 Å². The highest BCUT2D eigenvalue weighted by molar-refractivity contribution is 8.00. The molecule has 0 atom stereocenters. The Kier molecular flexibility index (Phi) is 5.20. The van der Waals surface area contributed by atoms with E-state index < -0.39 is 0 Å². The van der Waals surface area contributed by atoms with Crippen molar-refractivity contribution in [3.63, 3.8) is 0 Å². The number of benzene rings is 2. The van der Waals surface area contributed by atoms with E-state index in [1.165, 1.54) is 16.7 Å². The Morgan fingerprint density at radius 2 is 1.83 bits per heavy atom. The molecule has 0 aliphatic rings. The number of aryl methyl sites for hydroxylation is 2. The number of halogens is 1. The fourth-order valence-corrected chi connectivity index (χ4v) is 3.84. The number of aromatic nitrogens is 2. The second-order valence-electron chi connectivity index (χ2n) is 5.21. The third-order valence-electron chi connectivity index (χ3n) is 3.44. The molecule has 0 unspecified atom stereocenters. The van der Waals surface area contributed by atoms with Crippen LogP contribution >= 0.6 is 34.7 Å². The lowest BCUT2D eigenvalue weighted by atomic mass is 10.1. The molecule has 0 saturated carbocycles. The van der Waals surface area contributed by atoms with E-state index in [2.05, 4.69) is 47.6 Å². The van der Waals surface area contributed by atoms with Gasteiger partial charge >= 0.3 is 0 Å². The molecule has 0 amide bonds. The summed E-state index contributed by atoms with van der Waals surface area (Å²) in [6.07, 6.45) is 0. The maximum atomic E-state index is 5.89. The second-order valence-corrected chi connectivity index (χ2v) is 7.85. The predicted molar refractivity (Wildman–Crippen MR) is 100 cm³/mol. The van der Waals surface area contributed by atoms with Gasteiger partial charge in [0, 0.05) is 16.5 Å². The van der Waals surface area contributed by atoms with Crippen LogP contribution in [0, 0.1) is 13.8 Å². The van der Waals surface area contributed by atoms with Crippen LogP contribution in [0.25, 0.3) is 0 Å². The normalized spacial score (nSPS) is 10.7. The first-order valence-corrected chi connectivity index (χ1v) is 9.33. The molecule has 1 heterocycles. The fourth-order valence-electron chi connectivity index (χ4n) is 1.99. The Morgan fingerprint density at radius 1 is 1.04 bits per heavy atom. The molecule has 1 N–H and O–H groups in total. The van der Waals surface area contributed by atoms with Gasteiger partial charge in [-0.1, -0.05) is 52.9 Å². The molecule has 0 spiro atoms. The number of hydrogen-bond acceptors (Lipinski definition) is 5. The monoisotopic (exact) mass is 361 g/mol. The van der Waals surface area contributed by atoms with E-state index in [9.17, 15) is 0 Å². The average molecular weight is 362 g/mol. The largest absolute Gasteiger partial charge is 0.330 e. The summed E-state index contributed by atoms with van der Waals surface area (Å²) in [7, 11) is 0. The fraction of sp³-hybridized carbons (Fsp3) is 0.176. The molecule has 0 fully saturated rings. The van der Waals surface area contributed by atoms with Gasteiger partial charge in [-0.2, -0.15) is 0 Å². The lowest BCUT2D eigenvalue weighted by molar-refractivity contribution is 1.01. The smallest absolute Gasteiger partial charge is 0.210 e. The molecule has 0 saturated heterocycles. The maximum absolute atomic E-state index is 5.89. The van der Waals surface area contributed by atoms with E-state index in [0.717, 1.165) is 25.9 Å². The van der Waals surface area contributed by atoms with Gasteiger partial charge in [-0.15, -0.1) is 10.2 Å². The summed E-state index contributed by atoms with van der Waals surface area (Å²) in [5.41, 5.74) is 4.81. The van der Waals surface area contributed by atoms with Crippen molar-refractivity contribution in [1.29, 1.82) is 0 Å². The minimum atomic E-state index is 0.759. The quantitative estimate of drug-likeness (QED) is 0.579. The third-order valence-corrected chi connectivity index (χ3v) is 5.74. The lowest BCUT2D eigenvalue weighted by Gasteiger charge is -2.05. The van der Waals surface area contributed by atoms with Crippen molar-refractivity contribution < 1.29 is 0 Å². The highest BCUT2D eigenvalue weighted by Crippen LogP contribution is 2.30. The minimum absolute atomic E-state index is 0.759. The van der Waals surface area contributed by atoms with E-state index in [4.69, 9.17) is 11.6 Å². The Labute approximate surface area is 149 Å². The second kappa shape index (κ2) is 7.34. The SMILES string of the molecule is Cc1ccc(Nc2nnc(SCc3ccc(Cl)cc3)s2)cc1C. The Hall–Kier alpha value is -1.56. The molecule has 1 aromatic heterocycles. The number of hydrogen-bond donors (Lipinski definition) is 1. The number of thioether (sulfide) groups is 1. The molecular weight excluding hydrogens is 346 g/mol. The summed E-state index contributed by atoms with van der Waals surface area (Å²) in [5.74, 6) is 0.857. The molecule has 6 heteroatoms. The zero-order valence-electron chi connectivity index (χ0n) is 12.8. The predicted octanol–water partition coefficient (Wildman–Crippen LogP) is 5.84. The van der Waals surface area contributed by atoms with Crippen molar-refractivity contribution >= 4 is 45.5 Å².